The van der Waals surface area contributed by atoms with Gasteiger partial charge < -0.3 is 20.3 Å². The molecule has 1 aliphatic heterocycles. The topological polar surface area (TPSA) is 83.8 Å². The minimum atomic E-state index is -0.431. The maximum Gasteiger partial charge on any atom is 0.261 e. The number of benzene rings is 2. The van der Waals surface area contributed by atoms with Gasteiger partial charge in [-0.15, -0.1) is 0 Å². The normalized spacial score (nSPS) is 26.7. The summed E-state index contributed by atoms with van der Waals surface area (Å²) in [6.07, 6.45) is 4.25. The van der Waals surface area contributed by atoms with Crippen LogP contribution < -0.4 is 20.9 Å². The van der Waals surface area contributed by atoms with E-state index in [0.29, 0.717) is 83.2 Å². The smallest absolute Gasteiger partial charge is 0.261 e. The number of hydrogen-bond donors (Lipinski definition) is 2. The molecule has 0 spiro atoms. The number of nitrogens with zero attached hydrogens (tertiary/aromatic N) is 4. The van der Waals surface area contributed by atoms with Crippen molar-refractivity contribution >= 4 is 22.5 Å². The highest BCUT2D eigenvalue weighted by Gasteiger charge is 2.56. The third kappa shape index (κ3) is 5.73. The minimum absolute atomic E-state index is 0.182. The van der Waals surface area contributed by atoms with E-state index < -0.39 is 6.67 Å². The molecule has 10 heteroatoms. The van der Waals surface area contributed by atoms with Gasteiger partial charge in [0.1, 0.15) is 18.2 Å². The Hall–Kier alpha value is -3.53. The van der Waals surface area contributed by atoms with E-state index in [2.05, 4.69) is 41.3 Å². The average Bonchev–Trinajstić information content (AvgIpc) is 3.01. The van der Waals surface area contributed by atoms with Gasteiger partial charge in [0, 0.05) is 38.3 Å². The summed E-state index contributed by atoms with van der Waals surface area (Å²) in [6, 6.07) is 10.2. The second-order valence-corrected chi connectivity index (χ2v) is 13.0. The Morgan fingerprint density at radius 3 is 2.79 bits per heavy atom. The van der Waals surface area contributed by atoms with Crippen LogP contribution in [0.5, 0.6) is 5.75 Å². The quantitative estimate of drug-likeness (QED) is 0.306. The summed E-state index contributed by atoms with van der Waals surface area (Å²) in [5, 5.41) is 7.51. The number of halogens is 2. The summed E-state index contributed by atoms with van der Waals surface area (Å²) < 4.78 is 34.6. The number of aromatic nitrogens is 2. The first-order valence-electron chi connectivity index (χ1n) is 15.4. The summed E-state index contributed by atoms with van der Waals surface area (Å²) in [4.78, 5) is 25.0. The summed E-state index contributed by atoms with van der Waals surface area (Å²) in [5.41, 5.74) is 1.94. The van der Waals surface area contributed by atoms with E-state index in [4.69, 9.17) is 9.73 Å². The molecule has 8 nitrogen and oxygen atoms in total. The van der Waals surface area contributed by atoms with Crippen molar-refractivity contribution in [2.24, 2.45) is 28.2 Å². The van der Waals surface area contributed by atoms with Crippen LogP contribution in [0, 0.1) is 29.0 Å². The Labute approximate surface area is 251 Å². The van der Waals surface area contributed by atoms with Crippen molar-refractivity contribution in [2.75, 3.05) is 33.4 Å². The van der Waals surface area contributed by atoms with E-state index in [0.717, 1.165) is 18.9 Å². The molecule has 1 saturated heterocycles. The summed E-state index contributed by atoms with van der Waals surface area (Å²) in [7, 11) is 1.50. The van der Waals surface area contributed by atoms with Gasteiger partial charge in [-0.1, -0.05) is 26.8 Å². The maximum absolute atomic E-state index is 14.4. The van der Waals surface area contributed by atoms with Crippen LogP contribution in [0.15, 0.2) is 52.5 Å². The molecule has 5 atom stereocenters. The Bertz CT molecular complexity index is 1570. The fraction of sp³-hybridized carbons (Fsp3) is 0.545. The third-order valence-corrected chi connectivity index (χ3v) is 10.3. The summed E-state index contributed by atoms with van der Waals surface area (Å²) >= 11 is 0. The molecule has 3 aromatic rings. The number of methoxy groups -OCH3 is 1. The molecule has 4 aliphatic rings. The van der Waals surface area contributed by atoms with Gasteiger partial charge in [-0.2, -0.15) is 0 Å². The Morgan fingerprint density at radius 2 is 2.07 bits per heavy atom. The van der Waals surface area contributed by atoms with Gasteiger partial charge in [-0.3, -0.25) is 9.36 Å². The Kier molecular flexibility index (Phi) is 8.15. The van der Waals surface area contributed by atoms with Gasteiger partial charge in [0.25, 0.3) is 5.56 Å². The predicted octanol–water partition coefficient (Wildman–Crippen LogP) is 4.68. The van der Waals surface area contributed by atoms with Crippen LogP contribution in [-0.4, -0.2) is 65.9 Å². The Morgan fingerprint density at radius 1 is 1.23 bits per heavy atom. The number of rotatable bonds is 7. The highest BCUT2D eigenvalue weighted by molar-refractivity contribution is 5.86. The number of aryl methyl sites for hydroxylation is 2. The van der Waals surface area contributed by atoms with E-state index >= 15 is 0 Å². The lowest BCUT2D eigenvalue weighted by atomic mass is 9.45. The number of hydrogen-bond acceptors (Lipinski definition) is 5. The largest absolute Gasteiger partial charge is 0.497 e. The first-order valence-corrected chi connectivity index (χ1v) is 15.4. The molecular formula is C33H42F2N6O2. The number of ether oxygens (including phenoxy) is 1. The lowest BCUT2D eigenvalue weighted by molar-refractivity contribution is -0.112. The van der Waals surface area contributed by atoms with E-state index in [1.165, 1.54) is 30.5 Å². The molecule has 3 saturated carbocycles. The average molecular weight is 593 g/mol. The van der Waals surface area contributed by atoms with Crippen molar-refractivity contribution < 1.29 is 13.5 Å². The molecule has 2 aromatic carbocycles. The van der Waals surface area contributed by atoms with Crippen molar-refractivity contribution in [3.05, 3.63) is 64.5 Å². The molecule has 0 unspecified atom stereocenters. The molecule has 2 N–H and O–H groups in total. The first-order chi connectivity index (χ1) is 20.7. The monoisotopic (exact) mass is 592 g/mol. The fourth-order valence-electron chi connectivity index (χ4n) is 7.42. The van der Waals surface area contributed by atoms with Crippen molar-refractivity contribution in [3.63, 3.8) is 0 Å². The van der Waals surface area contributed by atoms with E-state index in [-0.39, 0.29) is 17.4 Å². The molecule has 7 rings (SSSR count). The van der Waals surface area contributed by atoms with Crippen molar-refractivity contribution in [1.29, 1.82) is 0 Å². The van der Waals surface area contributed by atoms with Gasteiger partial charge in [-0.05, 0) is 72.3 Å². The second kappa shape index (κ2) is 11.9. The molecule has 43 heavy (non-hydrogen) atoms. The number of nitrogens with one attached hydrogen (secondary N) is 2. The fourth-order valence-corrected chi connectivity index (χ4v) is 7.42. The molecule has 4 fully saturated rings. The highest BCUT2D eigenvalue weighted by Crippen LogP contribution is 2.61. The van der Waals surface area contributed by atoms with Crippen molar-refractivity contribution in [2.45, 2.75) is 58.7 Å². The molecule has 2 bridgehead atoms. The third-order valence-electron chi connectivity index (χ3n) is 10.3. The van der Waals surface area contributed by atoms with E-state index in [1.807, 2.05) is 12.1 Å². The Balaban J connectivity index is 1.24. The number of piperazine rings is 1. The molecule has 0 amide bonds. The van der Waals surface area contributed by atoms with Gasteiger partial charge in [0.2, 0.25) is 0 Å². The minimum Gasteiger partial charge on any atom is -0.497 e. The lowest BCUT2D eigenvalue weighted by Gasteiger charge is -2.62. The standard InChI is InChI=1S/C33H42F2N6O2/c1-20-27-13-22(33(27,2)3)14-29(20)39-32(40-12-10-36-24(17-34)18-40)38-23-6-8-26-30(15-23)37-19-41(31(26)42)11-9-21-5-7-25(43-4)16-28(21)35/h5-8,15-16,19-20,22,24,27,29,36H,9-14,17-18H2,1-4H3,(H,38,39)/t20-,22+,24+,27+,29+/m1/s1. The van der Waals surface area contributed by atoms with Crippen molar-refractivity contribution in [3.8, 4) is 5.75 Å². The molecule has 1 aromatic heterocycles. The number of aliphatic imine (C=N–C) groups is 1. The highest BCUT2D eigenvalue weighted by atomic mass is 19.1. The van der Waals surface area contributed by atoms with Gasteiger partial charge in [-0.25, -0.2) is 18.8 Å². The number of fused-ring (bicyclic) bond motifs is 3. The van der Waals surface area contributed by atoms with Crippen LogP contribution in [0.25, 0.3) is 10.9 Å². The van der Waals surface area contributed by atoms with Crippen LogP contribution >= 0.6 is 0 Å². The van der Waals surface area contributed by atoms with E-state index in [1.54, 1.807) is 18.2 Å². The second-order valence-electron chi connectivity index (χ2n) is 13.0. The maximum atomic E-state index is 14.4. The van der Waals surface area contributed by atoms with Crippen LogP contribution in [0.1, 0.15) is 39.2 Å². The summed E-state index contributed by atoms with van der Waals surface area (Å²) in [6.45, 7) is 8.95. The first kappa shape index (κ1) is 29.5. The molecule has 3 aliphatic carbocycles. The molecular weight excluding hydrogens is 550 g/mol. The van der Waals surface area contributed by atoms with Gasteiger partial charge in [0.15, 0.2) is 5.96 Å². The molecule has 230 valence electrons. The number of alkyl halides is 1. The van der Waals surface area contributed by atoms with Gasteiger partial charge in [0.05, 0.1) is 36.1 Å². The zero-order valence-electron chi connectivity index (χ0n) is 25.4. The zero-order chi connectivity index (χ0) is 30.3. The predicted molar refractivity (Wildman–Crippen MR) is 165 cm³/mol. The van der Waals surface area contributed by atoms with Crippen LogP contribution in [0.2, 0.25) is 0 Å². The van der Waals surface area contributed by atoms with Gasteiger partial charge >= 0.3 is 0 Å². The van der Waals surface area contributed by atoms with Crippen molar-refractivity contribution in [1.82, 2.24) is 25.1 Å². The van der Waals surface area contributed by atoms with Crippen LogP contribution in [0.4, 0.5) is 14.5 Å². The number of guanidine groups is 1. The van der Waals surface area contributed by atoms with Crippen LogP contribution in [0.3, 0.4) is 0 Å². The SMILES string of the molecule is COc1ccc(CCn2cnc3cc(N=C(N[C@H]4C[C@@H]5C[C@@H]([C@H]4C)C5(C)C)N4CCN[C@@H](CF)C4)ccc3c2=O)c(F)c1. The summed E-state index contributed by atoms with van der Waals surface area (Å²) in [5.74, 6) is 2.73. The lowest BCUT2D eigenvalue weighted by Crippen LogP contribution is -2.63. The van der Waals surface area contributed by atoms with Crippen LogP contribution in [-0.2, 0) is 13.0 Å². The van der Waals surface area contributed by atoms with E-state index in [9.17, 15) is 13.6 Å². The zero-order valence-corrected chi connectivity index (χ0v) is 25.4. The molecule has 2 heterocycles. The molecule has 0 radical (unpaired) electrons.